The van der Waals surface area contributed by atoms with E-state index in [0.717, 1.165) is 30.6 Å². The van der Waals surface area contributed by atoms with Gasteiger partial charge in [-0.2, -0.15) is 0 Å². The molecule has 0 heterocycles. The maximum atomic E-state index is 12.7. The van der Waals surface area contributed by atoms with E-state index in [1.807, 2.05) is 31.2 Å². The van der Waals surface area contributed by atoms with Gasteiger partial charge in [0.1, 0.15) is 16.1 Å². The van der Waals surface area contributed by atoms with Crippen LogP contribution in [0.1, 0.15) is 68.2 Å². The number of ether oxygens (including phenoxy) is 1. The number of carbonyl (C=O) groups excluding carboxylic acids is 2. The van der Waals surface area contributed by atoms with Crippen LogP contribution in [-0.2, 0) is 24.3 Å². The normalized spacial score (nSPS) is 11.8. The fraction of sp³-hybridized carbons (Fsp3) is 0.438. The average Bonchev–Trinajstić information content (AvgIpc) is 3.02. The summed E-state index contributed by atoms with van der Waals surface area (Å²) in [4.78, 5) is 46.0. The average molecular weight is 599 g/mol. The van der Waals surface area contributed by atoms with Crippen LogP contribution in [0.25, 0.3) is 0 Å². The molecule has 9 heteroatoms. The summed E-state index contributed by atoms with van der Waals surface area (Å²) in [5.41, 5.74) is 4.86. The summed E-state index contributed by atoms with van der Waals surface area (Å²) in [6, 6.07) is 18.9. The van der Waals surface area contributed by atoms with Crippen molar-refractivity contribution in [3.8, 4) is 0 Å². The Balaban J connectivity index is 2.04. The van der Waals surface area contributed by atoms with Crippen LogP contribution in [0.3, 0.4) is 0 Å². The van der Waals surface area contributed by atoms with E-state index in [1.165, 1.54) is 10.4 Å². The Bertz CT molecular complexity index is 1020. The minimum Gasteiger partial charge on any atom is -0.381 e. The van der Waals surface area contributed by atoms with E-state index < -0.39 is 34.4 Å². The molecule has 0 aliphatic rings. The van der Waals surface area contributed by atoms with E-state index in [-0.39, 0.29) is 13.0 Å². The molecule has 0 amide bonds. The van der Waals surface area contributed by atoms with Crippen LogP contribution in [0.5, 0.6) is 0 Å². The Morgan fingerprint density at radius 2 is 1.07 bits per heavy atom. The van der Waals surface area contributed by atoms with Crippen molar-refractivity contribution in [3.63, 3.8) is 0 Å². The maximum absolute atomic E-state index is 12.7. The van der Waals surface area contributed by atoms with Crippen molar-refractivity contribution in [2.24, 2.45) is 0 Å². The second-order valence-corrected chi connectivity index (χ2v) is 19.5. The maximum Gasteiger partial charge on any atom is 0.373 e. The van der Waals surface area contributed by atoms with E-state index in [1.54, 1.807) is 24.3 Å². The Morgan fingerprint density at radius 1 is 0.683 bits per heavy atom. The van der Waals surface area contributed by atoms with Crippen molar-refractivity contribution in [2.45, 2.75) is 77.9 Å². The van der Waals surface area contributed by atoms with E-state index >= 15 is 0 Å². The molecule has 0 aliphatic heterocycles. The highest BCUT2D eigenvalue weighted by Crippen LogP contribution is 2.19. The largest absolute Gasteiger partial charge is 0.381 e. The SMILES string of the molecule is C=C[Si](CC)(CC)c1ccc(C(=O)OOC(CCOCCC)OOC(=O)c2ccc([Si](C=C)(CC)CC)cc2)cc1. The molecule has 0 fully saturated rings. The molecule has 224 valence electrons. The molecule has 7 nitrogen and oxygen atoms in total. The Kier molecular flexibility index (Phi) is 14.4. The van der Waals surface area contributed by atoms with Crippen molar-refractivity contribution in [3.05, 3.63) is 84.2 Å². The minimum atomic E-state index is -1.78. The van der Waals surface area contributed by atoms with Crippen LogP contribution < -0.4 is 10.4 Å². The zero-order valence-electron chi connectivity index (χ0n) is 25.3. The van der Waals surface area contributed by atoms with Gasteiger partial charge in [0.2, 0.25) is 6.29 Å². The molecular weight excluding hydrogens is 553 g/mol. The zero-order chi connectivity index (χ0) is 30.3. The lowest BCUT2D eigenvalue weighted by Crippen LogP contribution is -2.44. The van der Waals surface area contributed by atoms with E-state index in [2.05, 4.69) is 52.3 Å². The lowest BCUT2D eigenvalue weighted by Gasteiger charge is -2.26. The summed E-state index contributed by atoms with van der Waals surface area (Å²) in [6.45, 7) is 19.6. The number of hydrogen-bond acceptors (Lipinski definition) is 7. The highest BCUT2D eigenvalue weighted by atomic mass is 28.3. The topological polar surface area (TPSA) is 80.3 Å². The minimum absolute atomic E-state index is 0.180. The van der Waals surface area contributed by atoms with Gasteiger partial charge in [-0.15, -0.1) is 22.9 Å². The van der Waals surface area contributed by atoms with Crippen LogP contribution in [-0.4, -0.2) is 47.6 Å². The second kappa shape index (κ2) is 17.2. The van der Waals surface area contributed by atoms with E-state index in [9.17, 15) is 9.59 Å². The first-order valence-corrected chi connectivity index (χ1v) is 19.6. The molecule has 2 rings (SSSR count). The summed E-state index contributed by atoms with van der Waals surface area (Å²) >= 11 is 0. The lowest BCUT2D eigenvalue weighted by molar-refractivity contribution is -0.422. The predicted molar refractivity (Wildman–Crippen MR) is 168 cm³/mol. The molecule has 0 N–H and O–H groups in total. The van der Waals surface area contributed by atoms with Gasteiger partial charge in [-0.25, -0.2) is 9.59 Å². The molecule has 0 radical (unpaired) electrons. The molecule has 0 aliphatic carbocycles. The third-order valence-electron chi connectivity index (χ3n) is 8.00. The molecule has 0 saturated carbocycles. The number of hydrogen-bond donors (Lipinski definition) is 0. The molecule has 2 aromatic rings. The number of benzene rings is 2. The van der Waals surface area contributed by atoms with E-state index in [4.69, 9.17) is 24.3 Å². The van der Waals surface area contributed by atoms with Crippen LogP contribution in [0.2, 0.25) is 24.2 Å². The van der Waals surface area contributed by atoms with Gasteiger partial charge in [0, 0.05) is 13.0 Å². The molecule has 2 aromatic carbocycles. The summed E-state index contributed by atoms with van der Waals surface area (Å²) in [5.74, 6) is -1.36. The summed E-state index contributed by atoms with van der Waals surface area (Å²) in [5, 5.41) is 2.43. The second-order valence-electron chi connectivity index (χ2n) is 10.1. The molecule has 0 bridgehead atoms. The van der Waals surface area contributed by atoms with Crippen LogP contribution in [0.4, 0.5) is 0 Å². The lowest BCUT2D eigenvalue weighted by atomic mass is 10.2. The highest BCUT2D eigenvalue weighted by Gasteiger charge is 2.29. The van der Waals surface area contributed by atoms with Crippen molar-refractivity contribution < 1.29 is 33.9 Å². The quantitative estimate of drug-likeness (QED) is 0.0597. The van der Waals surface area contributed by atoms with Gasteiger partial charge < -0.3 is 4.74 Å². The molecule has 0 unspecified atom stereocenters. The fourth-order valence-electron chi connectivity index (χ4n) is 4.84. The zero-order valence-corrected chi connectivity index (χ0v) is 27.3. The molecule has 0 spiro atoms. The van der Waals surface area contributed by atoms with Crippen LogP contribution >= 0.6 is 0 Å². The molecular formula is C32H46O7Si2. The van der Waals surface area contributed by atoms with Crippen molar-refractivity contribution in [1.29, 1.82) is 0 Å². The van der Waals surface area contributed by atoms with E-state index in [0.29, 0.717) is 17.7 Å². The summed E-state index contributed by atoms with van der Waals surface area (Å²) in [7, 11) is -3.56. The Hall–Kier alpha value is -2.83. The van der Waals surface area contributed by atoms with Gasteiger partial charge >= 0.3 is 11.9 Å². The number of carbonyl (C=O) groups is 2. The van der Waals surface area contributed by atoms with Gasteiger partial charge in [-0.1, -0.05) is 105 Å². The van der Waals surface area contributed by atoms with Gasteiger partial charge in [0.05, 0.1) is 17.7 Å². The summed E-state index contributed by atoms with van der Waals surface area (Å²) in [6.07, 6.45) is -0.139. The van der Waals surface area contributed by atoms with Crippen LogP contribution in [0, 0.1) is 0 Å². The molecule has 41 heavy (non-hydrogen) atoms. The Labute approximate surface area is 247 Å². The van der Waals surface area contributed by atoms with Gasteiger partial charge in [0.25, 0.3) is 0 Å². The third kappa shape index (κ3) is 9.08. The molecule has 0 atom stereocenters. The first-order valence-electron chi connectivity index (χ1n) is 14.6. The van der Waals surface area contributed by atoms with Gasteiger partial charge in [-0.3, -0.25) is 9.78 Å². The standard InChI is InChI=1S/C32H46O7Si2/c1-8-24-35-25-23-30(36-38-31(33)26-15-19-28(20-16-26)40(9-2,10-3)11-4)37-39-32(34)27-17-21-29(22-18-27)41(12-5,13-6)14-7/h9,12,15-22,30H,2,5,8,10-11,13-14,23-25H2,1,3-4,6-7H3. The van der Waals surface area contributed by atoms with Gasteiger partial charge in [0.15, 0.2) is 0 Å². The third-order valence-corrected chi connectivity index (χ3v) is 17.6. The van der Waals surface area contributed by atoms with Crippen molar-refractivity contribution >= 4 is 38.5 Å². The smallest absolute Gasteiger partial charge is 0.373 e. The molecule has 0 aromatic heterocycles. The van der Waals surface area contributed by atoms with Crippen LogP contribution in [0.15, 0.2) is 73.1 Å². The fourth-order valence-corrected chi connectivity index (χ4v) is 10.8. The van der Waals surface area contributed by atoms with Crippen molar-refractivity contribution in [2.75, 3.05) is 13.2 Å². The first kappa shape index (κ1) is 34.4. The first-order chi connectivity index (χ1) is 19.8. The molecule has 0 saturated heterocycles. The summed E-state index contributed by atoms with van der Waals surface area (Å²) < 4.78 is 5.50. The number of rotatable bonds is 19. The highest BCUT2D eigenvalue weighted by molar-refractivity contribution is 6.96. The Morgan fingerprint density at radius 3 is 1.39 bits per heavy atom. The van der Waals surface area contributed by atoms with Crippen molar-refractivity contribution in [1.82, 2.24) is 0 Å². The van der Waals surface area contributed by atoms with Gasteiger partial charge in [-0.05, 0) is 30.7 Å². The monoisotopic (exact) mass is 598 g/mol. The predicted octanol–water partition coefficient (Wildman–Crippen LogP) is 6.55.